The number of hydrogen-bond donors (Lipinski definition) is 1. The second kappa shape index (κ2) is 3.61. The number of nitrogens with zero attached hydrogens (tertiary/aromatic N) is 2. The Morgan fingerprint density at radius 2 is 1.88 bits per heavy atom. The lowest BCUT2D eigenvalue weighted by molar-refractivity contribution is -0.125. The molecule has 4 heteroatoms. The maximum atomic E-state index is 11.8. The molecule has 0 saturated heterocycles. The van der Waals surface area contributed by atoms with Crippen LogP contribution in [0.1, 0.15) is 50.1 Å². The van der Waals surface area contributed by atoms with E-state index in [0.29, 0.717) is 0 Å². The van der Waals surface area contributed by atoms with Crippen LogP contribution in [0, 0.1) is 19.8 Å². The number of nitrogens with one attached hydrogen (secondary N) is 1. The van der Waals surface area contributed by atoms with Crippen molar-refractivity contribution in [1.29, 1.82) is 0 Å². The Morgan fingerprint density at radius 3 is 2.50 bits per heavy atom. The molecule has 1 amide bonds. The Bertz CT molecular complexity index is 436. The van der Waals surface area contributed by atoms with Crippen molar-refractivity contribution in [3.05, 3.63) is 17.2 Å². The lowest BCUT2D eigenvalue weighted by Gasteiger charge is -2.19. The molecule has 3 atom stereocenters. The van der Waals surface area contributed by atoms with Crippen LogP contribution in [0.15, 0.2) is 0 Å². The molecule has 4 nitrogen and oxygen atoms in total. The molecule has 1 aromatic rings. The highest BCUT2D eigenvalue weighted by Crippen LogP contribution is 2.29. The number of fused-ring (bicyclic) bond motifs is 1. The summed E-state index contributed by atoms with van der Waals surface area (Å²) in [5.74, 6) is 1.07. The summed E-state index contributed by atoms with van der Waals surface area (Å²) in [6.45, 7) is 10.1. The van der Waals surface area contributed by atoms with Crippen LogP contribution in [0.2, 0.25) is 0 Å². The van der Waals surface area contributed by atoms with Crippen LogP contribution < -0.4 is 5.32 Å². The third kappa shape index (κ3) is 1.44. The van der Waals surface area contributed by atoms with Crippen LogP contribution in [0.5, 0.6) is 0 Å². The van der Waals surface area contributed by atoms with E-state index < -0.39 is 0 Å². The van der Waals surface area contributed by atoms with Gasteiger partial charge in [0, 0.05) is 11.7 Å². The molecule has 1 aliphatic heterocycles. The fourth-order valence-corrected chi connectivity index (χ4v) is 2.32. The van der Waals surface area contributed by atoms with Crippen LogP contribution in [0.3, 0.4) is 0 Å². The number of hydrogen-bond acceptors (Lipinski definition) is 2. The van der Waals surface area contributed by atoms with Gasteiger partial charge in [-0.3, -0.25) is 4.79 Å². The molecule has 1 aliphatic rings. The summed E-state index contributed by atoms with van der Waals surface area (Å²) in [5, 5.41) is 3.00. The number of carbonyl (C=O) groups is 1. The summed E-state index contributed by atoms with van der Waals surface area (Å²) in [4.78, 5) is 16.4. The average molecular weight is 221 g/mol. The van der Waals surface area contributed by atoms with Crippen molar-refractivity contribution in [2.24, 2.45) is 5.92 Å². The van der Waals surface area contributed by atoms with Gasteiger partial charge in [-0.25, -0.2) is 4.98 Å². The number of rotatable bonds is 0. The summed E-state index contributed by atoms with van der Waals surface area (Å²) < 4.78 is 2.20. The van der Waals surface area contributed by atoms with Crippen molar-refractivity contribution in [2.75, 3.05) is 0 Å². The summed E-state index contributed by atoms with van der Waals surface area (Å²) >= 11 is 0. The number of carbonyl (C=O) groups excluding carboxylic acids is 1. The Balaban J connectivity index is 2.59. The molecule has 16 heavy (non-hydrogen) atoms. The summed E-state index contributed by atoms with van der Waals surface area (Å²) in [5.41, 5.74) is 2.22. The highest BCUT2D eigenvalue weighted by atomic mass is 16.2. The molecule has 0 fully saturated rings. The van der Waals surface area contributed by atoms with E-state index >= 15 is 0 Å². The molecular weight excluding hydrogens is 202 g/mol. The molecule has 0 saturated carbocycles. The van der Waals surface area contributed by atoms with Crippen LogP contribution >= 0.6 is 0 Å². The second-order valence-corrected chi connectivity index (χ2v) is 4.77. The predicted octanol–water partition coefficient (Wildman–Crippen LogP) is 1.89. The van der Waals surface area contributed by atoms with Crippen molar-refractivity contribution in [3.63, 3.8) is 0 Å². The van der Waals surface area contributed by atoms with Crippen LogP contribution in [0.25, 0.3) is 0 Å². The van der Waals surface area contributed by atoms with Gasteiger partial charge >= 0.3 is 0 Å². The lowest BCUT2D eigenvalue weighted by atomic mass is 10.0. The Labute approximate surface area is 96.1 Å². The minimum atomic E-state index is -0.0176. The molecule has 2 heterocycles. The van der Waals surface area contributed by atoms with E-state index in [1.807, 2.05) is 20.8 Å². The van der Waals surface area contributed by atoms with E-state index in [-0.39, 0.29) is 23.9 Å². The highest BCUT2D eigenvalue weighted by Gasteiger charge is 2.32. The van der Waals surface area contributed by atoms with Crippen LogP contribution in [0.4, 0.5) is 0 Å². The molecule has 0 bridgehead atoms. The zero-order valence-corrected chi connectivity index (χ0v) is 10.5. The first-order chi connectivity index (χ1) is 7.43. The first kappa shape index (κ1) is 11.2. The molecule has 88 valence electrons. The SMILES string of the molecule is Cc1nc2n(c1C)C(C)C(C)C(=O)NC2C. The minimum absolute atomic E-state index is 0.00713. The number of aryl methyl sites for hydroxylation is 1. The smallest absolute Gasteiger partial charge is 0.225 e. The minimum Gasteiger partial charge on any atom is -0.346 e. The maximum Gasteiger partial charge on any atom is 0.225 e. The fraction of sp³-hybridized carbons (Fsp3) is 0.667. The van der Waals surface area contributed by atoms with E-state index in [9.17, 15) is 4.79 Å². The van der Waals surface area contributed by atoms with Gasteiger partial charge in [-0.15, -0.1) is 0 Å². The van der Waals surface area contributed by atoms with Gasteiger partial charge in [0.2, 0.25) is 5.91 Å². The topological polar surface area (TPSA) is 46.9 Å². The van der Waals surface area contributed by atoms with E-state index in [4.69, 9.17) is 0 Å². The molecule has 1 aromatic heterocycles. The standard InChI is InChI=1S/C12H19N3O/c1-6-9(4)15-10(5)7(2)13-11(15)8(3)14-12(6)16/h6,8-9H,1-5H3,(H,14,16). The summed E-state index contributed by atoms with van der Waals surface area (Å²) in [7, 11) is 0. The molecule has 0 radical (unpaired) electrons. The van der Waals surface area contributed by atoms with Gasteiger partial charge < -0.3 is 9.88 Å². The molecule has 0 spiro atoms. The molecule has 3 unspecified atom stereocenters. The summed E-state index contributed by atoms with van der Waals surface area (Å²) in [6.07, 6.45) is 0. The van der Waals surface area contributed by atoms with Gasteiger partial charge in [0.1, 0.15) is 5.82 Å². The second-order valence-electron chi connectivity index (χ2n) is 4.77. The molecular formula is C12H19N3O. The van der Waals surface area contributed by atoms with Crippen LogP contribution in [-0.2, 0) is 4.79 Å². The molecule has 0 aliphatic carbocycles. The quantitative estimate of drug-likeness (QED) is 0.727. The van der Waals surface area contributed by atoms with Gasteiger partial charge in [-0.05, 0) is 27.7 Å². The number of imidazole rings is 1. The van der Waals surface area contributed by atoms with E-state index in [1.54, 1.807) is 0 Å². The van der Waals surface area contributed by atoms with Crippen molar-refractivity contribution < 1.29 is 4.79 Å². The van der Waals surface area contributed by atoms with Gasteiger partial charge in [-0.1, -0.05) is 6.92 Å². The zero-order chi connectivity index (χ0) is 12.0. The maximum absolute atomic E-state index is 11.8. The van der Waals surface area contributed by atoms with Gasteiger partial charge in [-0.2, -0.15) is 0 Å². The van der Waals surface area contributed by atoms with Gasteiger partial charge in [0.15, 0.2) is 0 Å². The lowest BCUT2D eigenvalue weighted by Crippen LogP contribution is -2.31. The van der Waals surface area contributed by atoms with Gasteiger partial charge in [0.05, 0.1) is 17.7 Å². The average Bonchev–Trinajstić information content (AvgIpc) is 2.49. The fourth-order valence-electron chi connectivity index (χ4n) is 2.32. The molecule has 2 rings (SSSR count). The normalized spacial score (nSPS) is 29.6. The first-order valence-corrected chi connectivity index (χ1v) is 5.79. The van der Waals surface area contributed by atoms with Crippen molar-refractivity contribution in [1.82, 2.24) is 14.9 Å². The monoisotopic (exact) mass is 221 g/mol. The number of amides is 1. The third-order valence-electron chi connectivity index (χ3n) is 3.70. The first-order valence-electron chi connectivity index (χ1n) is 5.79. The van der Waals surface area contributed by atoms with Crippen molar-refractivity contribution in [2.45, 2.75) is 46.7 Å². The number of aromatic nitrogens is 2. The molecule has 1 N–H and O–H groups in total. The van der Waals surface area contributed by atoms with Crippen molar-refractivity contribution >= 4 is 5.91 Å². The predicted molar refractivity (Wildman–Crippen MR) is 62.1 cm³/mol. The van der Waals surface area contributed by atoms with Crippen LogP contribution in [-0.4, -0.2) is 15.5 Å². The Hall–Kier alpha value is -1.32. The molecule has 0 aromatic carbocycles. The third-order valence-corrected chi connectivity index (χ3v) is 3.70. The largest absolute Gasteiger partial charge is 0.346 e. The highest BCUT2D eigenvalue weighted by molar-refractivity contribution is 5.79. The zero-order valence-electron chi connectivity index (χ0n) is 10.5. The van der Waals surface area contributed by atoms with E-state index in [0.717, 1.165) is 17.2 Å². The Morgan fingerprint density at radius 1 is 1.25 bits per heavy atom. The van der Waals surface area contributed by atoms with Gasteiger partial charge in [0.25, 0.3) is 0 Å². The summed E-state index contributed by atoms with van der Waals surface area (Å²) in [6, 6.07) is 0.161. The van der Waals surface area contributed by atoms with E-state index in [2.05, 4.69) is 28.7 Å². The van der Waals surface area contributed by atoms with E-state index in [1.165, 1.54) is 0 Å². The Kier molecular flexibility index (Phi) is 2.52. The van der Waals surface area contributed by atoms with Crippen molar-refractivity contribution in [3.8, 4) is 0 Å².